The smallest absolute Gasteiger partial charge is 0.269 e. The van der Waals surface area contributed by atoms with Gasteiger partial charge in [0, 0.05) is 65.7 Å². The molecular weight excluding hydrogens is 522 g/mol. The van der Waals surface area contributed by atoms with Crippen LogP contribution in [0.3, 0.4) is 0 Å². The molecule has 0 unspecified atom stereocenters. The standard InChI is InChI=1S/C26H21Cl2FN4O4/c27-19-13-18(14-20(28)15-19)26(35)32-11-9-31(10-12-32)24-7-4-21(16-23(24)29)30-25(34)8-3-17-1-5-22(6-2-17)33(36)37/h1-8,13-16H,9-12H2,(H,30,34)/b8-3+. The number of nitrogens with zero attached hydrogens (tertiary/aromatic N) is 3. The van der Waals surface area contributed by atoms with Crippen LogP contribution < -0.4 is 10.2 Å². The predicted octanol–water partition coefficient (Wildman–Crippen LogP) is 5.66. The highest BCUT2D eigenvalue weighted by Gasteiger charge is 2.24. The molecule has 1 aliphatic rings. The summed E-state index contributed by atoms with van der Waals surface area (Å²) in [6, 6.07) is 14.8. The number of anilines is 2. The number of amides is 2. The third-order valence-electron chi connectivity index (χ3n) is 5.76. The molecule has 0 aromatic heterocycles. The number of carbonyl (C=O) groups excluding carboxylic acids is 2. The van der Waals surface area contributed by atoms with Crippen molar-refractivity contribution in [2.75, 3.05) is 36.4 Å². The number of non-ortho nitro benzene ring substituents is 1. The van der Waals surface area contributed by atoms with Crippen molar-refractivity contribution in [2.24, 2.45) is 0 Å². The minimum atomic E-state index is -0.505. The van der Waals surface area contributed by atoms with Gasteiger partial charge in [-0.15, -0.1) is 0 Å². The molecule has 1 N–H and O–H groups in total. The summed E-state index contributed by atoms with van der Waals surface area (Å²) in [4.78, 5) is 38.7. The molecule has 1 saturated heterocycles. The van der Waals surface area contributed by atoms with Gasteiger partial charge in [-0.25, -0.2) is 4.39 Å². The van der Waals surface area contributed by atoms with E-state index >= 15 is 0 Å². The lowest BCUT2D eigenvalue weighted by Gasteiger charge is -2.36. The molecule has 8 nitrogen and oxygen atoms in total. The van der Waals surface area contributed by atoms with E-state index in [0.29, 0.717) is 53.0 Å². The quantitative estimate of drug-likeness (QED) is 0.246. The van der Waals surface area contributed by atoms with E-state index in [4.69, 9.17) is 23.2 Å². The number of halogens is 3. The van der Waals surface area contributed by atoms with Crippen molar-refractivity contribution < 1.29 is 18.9 Å². The Bertz CT molecular complexity index is 1350. The SMILES string of the molecule is O=C(/C=C/c1ccc([N+](=O)[O-])cc1)Nc1ccc(N2CCN(C(=O)c3cc(Cl)cc(Cl)c3)CC2)c(F)c1. The fourth-order valence-corrected chi connectivity index (χ4v) is 4.44. The molecule has 0 atom stereocenters. The molecule has 4 rings (SSSR count). The Kier molecular flexibility index (Phi) is 8.05. The maximum atomic E-state index is 14.9. The van der Waals surface area contributed by atoms with Crippen LogP contribution in [-0.2, 0) is 4.79 Å². The van der Waals surface area contributed by atoms with Gasteiger partial charge in [0.25, 0.3) is 11.6 Å². The second-order valence-electron chi connectivity index (χ2n) is 8.27. The Labute approximate surface area is 222 Å². The van der Waals surface area contributed by atoms with Gasteiger partial charge in [-0.05, 0) is 60.2 Å². The van der Waals surface area contributed by atoms with Crippen LogP contribution in [0.4, 0.5) is 21.5 Å². The van der Waals surface area contributed by atoms with Gasteiger partial charge >= 0.3 is 0 Å². The number of carbonyl (C=O) groups is 2. The minimum absolute atomic E-state index is 0.0452. The van der Waals surface area contributed by atoms with Crippen molar-refractivity contribution in [3.05, 3.63) is 104 Å². The van der Waals surface area contributed by atoms with E-state index in [1.165, 1.54) is 42.5 Å². The number of rotatable bonds is 6. The summed E-state index contributed by atoms with van der Waals surface area (Å²) in [5, 5.41) is 14.1. The second-order valence-corrected chi connectivity index (χ2v) is 9.15. The lowest BCUT2D eigenvalue weighted by molar-refractivity contribution is -0.384. The highest BCUT2D eigenvalue weighted by molar-refractivity contribution is 6.35. The Hall–Kier alpha value is -3.95. The van der Waals surface area contributed by atoms with Crippen LogP contribution in [0.1, 0.15) is 15.9 Å². The van der Waals surface area contributed by atoms with E-state index < -0.39 is 16.6 Å². The lowest BCUT2D eigenvalue weighted by atomic mass is 10.1. The molecular formula is C26H21Cl2FN4O4. The molecule has 0 aliphatic carbocycles. The molecule has 3 aromatic rings. The van der Waals surface area contributed by atoms with Gasteiger partial charge in [0.1, 0.15) is 5.82 Å². The third-order valence-corrected chi connectivity index (χ3v) is 6.20. The highest BCUT2D eigenvalue weighted by atomic mass is 35.5. The van der Waals surface area contributed by atoms with Crippen LogP contribution in [0.25, 0.3) is 6.08 Å². The van der Waals surface area contributed by atoms with E-state index in [0.717, 1.165) is 0 Å². The molecule has 1 heterocycles. The van der Waals surface area contributed by atoms with E-state index in [-0.39, 0.29) is 17.3 Å². The molecule has 0 radical (unpaired) electrons. The first-order chi connectivity index (χ1) is 17.7. The lowest BCUT2D eigenvalue weighted by Crippen LogP contribution is -2.49. The molecule has 2 amide bonds. The van der Waals surface area contributed by atoms with E-state index in [2.05, 4.69) is 5.32 Å². The zero-order valence-electron chi connectivity index (χ0n) is 19.4. The molecule has 3 aromatic carbocycles. The number of hydrogen-bond donors (Lipinski definition) is 1. The van der Waals surface area contributed by atoms with Crippen molar-refractivity contribution in [1.29, 1.82) is 0 Å². The number of piperazine rings is 1. The number of benzene rings is 3. The molecule has 190 valence electrons. The molecule has 0 saturated carbocycles. The summed E-state index contributed by atoms with van der Waals surface area (Å²) in [7, 11) is 0. The third kappa shape index (κ3) is 6.63. The molecule has 1 aliphatic heterocycles. The van der Waals surface area contributed by atoms with Gasteiger partial charge in [0.05, 0.1) is 10.6 Å². The van der Waals surface area contributed by atoms with Crippen molar-refractivity contribution in [3.8, 4) is 0 Å². The Morgan fingerprint density at radius 1 is 0.946 bits per heavy atom. The Morgan fingerprint density at radius 3 is 2.19 bits per heavy atom. The maximum Gasteiger partial charge on any atom is 0.269 e. The van der Waals surface area contributed by atoms with Crippen LogP contribution in [0, 0.1) is 15.9 Å². The second kappa shape index (κ2) is 11.4. The topological polar surface area (TPSA) is 95.8 Å². The first kappa shape index (κ1) is 26.1. The van der Waals surface area contributed by atoms with Crippen molar-refractivity contribution in [3.63, 3.8) is 0 Å². The fraction of sp³-hybridized carbons (Fsp3) is 0.154. The van der Waals surface area contributed by atoms with Crippen LogP contribution in [0.2, 0.25) is 10.0 Å². The molecule has 37 heavy (non-hydrogen) atoms. The summed E-state index contributed by atoms with van der Waals surface area (Å²) < 4.78 is 14.9. The maximum absolute atomic E-state index is 14.9. The van der Waals surface area contributed by atoms with Gasteiger partial charge in [0.15, 0.2) is 0 Å². The average molecular weight is 543 g/mol. The van der Waals surface area contributed by atoms with Gasteiger partial charge in [0.2, 0.25) is 5.91 Å². The van der Waals surface area contributed by atoms with Gasteiger partial charge in [-0.2, -0.15) is 0 Å². The summed E-state index contributed by atoms with van der Waals surface area (Å²) in [6.45, 7) is 1.66. The van der Waals surface area contributed by atoms with Crippen molar-refractivity contribution >= 4 is 58.2 Å². The molecule has 1 fully saturated rings. The average Bonchev–Trinajstić information content (AvgIpc) is 2.87. The van der Waals surface area contributed by atoms with Crippen molar-refractivity contribution in [1.82, 2.24) is 4.90 Å². The predicted molar refractivity (Wildman–Crippen MR) is 142 cm³/mol. The normalized spacial score (nSPS) is 13.6. The molecule has 0 bridgehead atoms. The largest absolute Gasteiger partial charge is 0.366 e. The summed E-state index contributed by atoms with van der Waals surface area (Å²) in [5.41, 5.74) is 1.62. The van der Waals surface area contributed by atoms with E-state index in [9.17, 15) is 24.1 Å². The van der Waals surface area contributed by atoms with Crippen LogP contribution in [0.15, 0.2) is 66.7 Å². The number of nitro benzene ring substituents is 1. The van der Waals surface area contributed by atoms with E-state index in [1.807, 2.05) is 4.90 Å². The van der Waals surface area contributed by atoms with Gasteiger partial charge in [-0.3, -0.25) is 19.7 Å². The Morgan fingerprint density at radius 2 is 1.59 bits per heavy atom. The first-order valence-electron chi connectivity index (χ1n) is 11.2. The number of nitrogens with one attached hydrogen (secondary N) is 1. The molecule has 0 spiro atoms. The van der Waals surface area contributed by atoms with Crippen LogP contribution >= 0.6 is 23.2 Å². The summed E-state index contributed by atoms with van der Waals surface area (Å²) in [5.74, 6) is -1.17. The summed E-state index contributed by atoms with van der Waals surface area (Å²) >= 11 is 12.0. The zero-order valence-corrected chi connectivity index (χ0v) is 20.9. The monoisotopic (exact) mass is 542 g/mol. The Balaban J connectivity index is 1.33. The minimum Gasteiger partial charge on any atom is -0.366 e. The first-order valence-corrected chi connectivity index (χ1v) is 12.0. The van der Waals surface area contributed by atoms with Gasteiger partial charge < -0.3 is 15.1 Å². The molecule has 11 heteroatoms. The zero-order chi connectivity index (χ0) is 26.5. The van der Waals surface area contributed by atoms with Gasteiger partial charge in [-0.1, -0.05) is 23.2 Å². The van der Waals surface area contributed by atoms with Crippen LogP contribution in [0.5, 0.6) is 0 Å². The fourth-order valence-electron chi connectivity index (χ4n) is 3.91. The van der Waals surface area contributed by atoms with Crippen molar-refractivity contribution in [2.45, 2.75) is 0 Å². The number of nitro groups is 1. The highest BCUT2D eigenvalue weighted by Crippen LogP contribution is 2.25. The summed E-state index contributed by atoms with van der Waals surface area (Å²) in [6.07, 6.45) is 2.76. The number of hydrogen-bond acceptors (Lipinski definition) is 5. The van der Waals surface area contributed by atoms with E-state index in [1.54, 1.807) is 35.2 Å². The van der Waals surface area contributed by atoms with Crippen LogP contribution in [-0.4, -0.2) is 47.8 Å².